The van der Waals surface area contributed by atoms with Crippen molar-refractivity contribution in [3.8, 4) is 0 Å². The minimum atomic E-state index is -0.848. The summed E-state index contributed by atoms with van der Waals surface area (Å²) in [4.78, 5) is 35.0. The molecule has 0 aromatic heterocycles. The number of aliphatic carboxylic acids is 1. The molecule has 7 heteroatoms. The molecule has 140 valence electrons. The first-order valence-corrected chi connectivity index (χ1v) is 9.77. The lowest BCUT2D eigenvalue weighted by Gasteiger charge is -2.08. The van der Waals surface area contributed by atoms with Gasteiger partial charge in [0, 0.05) is 28.6 Å². The topological polar surface area (TPSA) is 95.5 Å². The van der Waals surface area contributed by atoms with E-state index in [2.05, 4.69) is 10.6 Å². The predicted molar refractivity (Wildman–Crippen MR) is 105 cm³/mol. The number of carboxylic acids is 1. The van der Waals surface area contributed by atoms with Crippen LogP contribution in [-0.4, -0.2) is 34.7 Å². The second-order valence-electron chi connectivity index (χ2n) is 6.37. The Balaban J connectivity index is 1.57. The highest BCUT2D eigenvalue weighted by Gasteiger charge is 2.23. The van der Waals surface area contributed by atoms with Crippen LogP contribution in [0.2, 0.25) is 0 Å². The van der Waals surface area contributed by atoms with Crippen molar-refractivity contribution in [2.45, 2.75) is 24.6 Å². The van der Waals surface area contributed by atoms with Gasteiger partial charge in [-0.1, -0.05) is 12.1 Å². The zero-order valence-electron chi connectivity index (χ0n) is 14.6. The minimum Gasteiger partial charge on any atom is -0.481 e. The first kappa shape index (κ1) is 19.0. The van der Waals surface area contributed by atoms with E-state index in [1.165, 1.54) is 11.8 Å². The summed E-state index contributed by atoms with van der Waals surface area (Å²) < 4.78 is 0. The van der Waals surface area contributed by atoms with Crippen LogP contribution in [0.5, 0.6) is 0 Å². The van der Waals surface area contributed by atoms with Crippen molar-refractivity contribution in [2.24, 2.45) is 0 Å². The minimum absolute atomic E-state index is 0.0389. The summed E-state index contributed by atoms with van der Waals surface area (Å²) in [6, 6.07) is 14.1. The number of rotatable bonds is 8. The van der Waals surface area contributed by atoms with E-state index in [4.69, 9.17) is 5.11 Å². The van der Waals surface area contributed by atoms with Crippen LogP contribution in [0.3, 0.4) is 0 Å². The van der Waals surface area contributed by atoms with Crippen molar-refractivity contribution in [1.29, 1.82) is 0 Å². The van der Waals surface area contributed by atoms with Crippen molar-refractivity contribution in [3.63, 3.8) is 0 Å². The van der Waals surface area contributed by atoms with Gasteiger partial charge in [0.15, 0.2) is 0 Å². The molecule has 27 heavy (non-hydrogen) atoms. The Morgan fingerprint density at radius 2 is 1.67 bits per heavy atom. The Hall–Kier alpha value is -2.80. The van der Waals surface area contributed by atoms with Gasteiger partial charge >= 0.3 is 5.97 Å². The number of hydrogen-bond acceptors (Lipinski definition) is 4. The first-order valence-electron chi connectivity index (χ1n) is 8.62. The van der Waals surface area contributed by atoms with E-state index >= 15 is 0 Å². The monoisotopic (exact) mass is 384 g/mol. The van der Waals surface area contributed by atoms with E-state index in [1.807, 2.05) is 18.2 Å². The molecule has 3 rings (SSSR count). The molecular weight excluding hydrogens is 364 g/mol. The van der Waals surface area contributed by atoms with Crippen LogP contribution >= 0.6 is 11.8 Å². The zero-order valence-corrected chi connectivity index (χ0v) is 15.4. The molecule has 0 spiro atoms. The Morgan fingerprint density at radius 1 is 1.00 bits per heavy atom. The Labute approximate surface area is 161 Å². The van der Waals surface area contributed by atoms with E-state index in [-0.39, 0.29) is 17.6 Å². The number of hydrogen-bond donors (Lipinski definition) is 3. The van der Waals surface area contributed by atoms with E-state index in [0.29, 0.717) is 28.6 Å². The third-order valence-electron chi connectivity index (χ3n) is 4.00. The summed E-state index contributed by atoms with van der Waals surface area (Å²) in [6.45, 7) is 0. The average molecular weight is 384 g/mol. The molecule has 0 unspecified atom stereocenters. The smallest absolute Gasteiger partial charge is 0.313 e. The van der Waals surface area contributed by atoms with Gasteiger partial charge in [-0.3, -0.25) is 14.4 Å². The zero-order chi connectivity index (χ0) is 19.2. The molecular formula is C20H20N2O4S. The third kappa shape index (κ3) is 5.86. The molecule has 1 saturated carbocycles. The molecule has 0 atom stereocenters. The van der Waals surface area contributed by atoms with Crippen LogP contribution in [0.25, 0.3) is 0 Å². The van der Waals surface area contributed by atoms with E-state index in [0.717, 1.165) is 18.4 Å². The highest BCUT2D eigenvalue weighted by atomic mass is 32.2. The Kier molecular flexibility index (Phi) is 6.13. The number of thioether (sulfide) groups is 1. The van der Waals surface area contributed by atoms with Crippen LogP contribution < -0.4 is 10.6 Å². The highest BCUT2D eigenvalue weighted by Crippen LogP contribution is 2.20. The Morgan fingerprint density at radius 3 is 2.30 bits per heavy atom. The van der Waals surface area contributed by atoms with Gasteiger partial charge in [0.2, 0.25) is 0 Å². The summed E-state index contributed by atoms with van der Waals surface area (Å²) in [6.07, 6.45) is 2.06. The van der Waals surface area contributed by atoms with E-state index in [1.54, 1.807) is 30.3 Å². The van der Waals surface area contributed by atoms with Gasteiger partial charge in [0.1, 0.15) is 0 Å². The molecule has 1 aliphatic carbocycles. The fraction of sp³-hybridized carbons (Fsp3) is 0.250. The normalized spacial score (nSPS) is 13.0. The van der Waals surface area contributed by atoms with Gasteiger partial charge in [-0.05, 0) is 54.8 Å². The fourth-order valence-electron chi connectivity index (χ4n) is 2.47. The molecule has 0 bridgehead atoms. The van der Waals surface area contributed by atoms with Crippen LogP contribution in [0, 0.1) is 0 Å². The maximum absolute atomic E-state index is 12.4. The maximum Gasteiger partial charge on any atom is 0.313 e. The molecule has 0 saturated heterocycles. The largest absolute Gasteiger partial charge is 0.481 e. The summed E-state index contributed by atoms with van der Waals surface area (Å²) in [5.41, 5.74) is 2.58. The average Bonchev–Trinajstić information content (AvgIpc) is 3.46. The molecule has 2 aromatic carbocycles. The standard InChI is InChI=1S/C20H20N2O4S/c23-18(24)12-27-11-13-2-1-3-17(10-13)22-20(26)15-6-4-14(5-7-15)19(25)21-16-8-9-16/h1-7,10,16H,8-9,11-12H2,(H,21,25)(H,22,26)(H,23,24). The van der Waals surface area contributed by atoms with Gasteiger partial charge < -0.3 is 15.7 Å². The molecule has 1 fully saturated rings. The molecule has 2 aromatic rings. The lowest BCUT2D eigenvalue weighted by molar-refractivity contribution is -0.133. The van der Waals surface area contributed by atoms with Crippen molar-refractivity contribution in [3.05, 3.63) is 65.2 Å². The molecule has 1 aliphatic rings. The van der Waals surface area contributed by atoms with Gasteiger partial charge in [-0.2, -0.15) is 0 Å². The van der Waals surface area contributed by atoms with Crippen molar-refractivity contribution >= 4 is 35.2 Å². The Bertz CT molecular complexity index is 847. The second-order valence-corrected chi connectivity index (χ2v) is 7.35. The van der Waals surface area contributed by atoms with Gasteiger partial charge in [-0.25, -0.2) is 0 Å². The third-order valence-corrected chi connectivity index (χ3v) is 4.99. The lowest BCUT2D eigenvalue weighted by atomic mass is 10.1. The number of anilines is 1. The van der Waals surface area contributed by atoms with Crippen LogP contribution in [0.1, 0.15) is 39.1 Å². The quantitative estimate of drug-likeness (QED) is 0.650. The van der Waals surface area contributed by atoms with Gasteiger partial charge in [-0.15, -0.1) is 11.8 Å². The molecule has 0 radical (unpaired) electrons. The molecule has 0 heterocycles. The van der Waals surface area contributed by atoms with Crippen LogP contribution in [0.15, 0.2) is 48.5 Å². The second kappa shape index (κ2) is 8.73. The van der Waals surface area contributed by atoms with E-state index in [9.17, 15) is 14.4 Å². The molecule has 0 aliphatic heterocycles. The van der Waals surface area contributed by atoms with Crippen molar-refractivity contribution < 1.29 is 19.5 Å². The molecule has 6 nitrogen and oxygen atoms in total. The fourth-order valence-corrected chi connectivity index (χ4v) is 3.16. The predicted octanol–water partition coefficient (Wildman–Crippen LogP) is 3.15. The van der Waals surface area contributed by atoms with Crippen molar-refractivity contribution in [2.75, 3.05) is 11.1 Å². The summed E-state index contributed by atoms with van der Waals surface area (Å²) in [5.74, 6) is -0.632. The summed E-state index contributed by atoms with van der Waals surface area (Å²) >= 11 is 1.30. The van der Waals surface area contributed by atoms with E-state index < -0.39 is 5.97 Å². The molecule has 3 N–H and O–H groups in total. The van der Waals surface area contributed by atoms with Crippen LogP contribution in [0.4, 0.5) is 5.69 Å². The van der Waals surface area contributed by atoms with Crippen LogP contribution in [-0.2, 0) is 10.5 Å². The molecule has 2 amide bonds. The number of benzene rings is 2. The van der Waals surface area contributed by atoms with Gasteiger partial charge in [0.05, 0.1) is 5.75 Å². The first-order chi connectivity index (χ1) is 13.0. The number of nitrogens with one attached hydrogen (secondary N) is 2. The number of amides is 2. The van der Waals surface area contributed by atoms with Gasteiger partial charge in [0.25, 0.3) is 11.8 Å². The number of carbonyl (C=O) groups is 3. The number of carboxylic acid groups (broad SMARTS) is 1. The SMILES string of the molecule is O=C(O)CSCc1cccc(NC(=O)c2ccc(C(=O)NC3CC3)cc2)c1. The highest BCUT2D eigenvalue weighted by molar-refractivity contribution is 7.99. The summed E-state index contributed by atoms with van der Waals surface area (Å²) in [5, 5.41) is 14.4. The van der Waals surface area contributed by atoms with Crippen molar-refractivity contribution in [1.82, 2.24) is 5.32 Å². The summed E-state index contributed by atoms with van der Waals surface area (Å²) in [7, 11) is 0. The lowest BCUT2D eigenvalue weighted by Crippen LogP contribution is -2.25. The maximum atomic E-state index is 12.4. The number of carbonyl (C=O) groups excluding carboxylic acids is 2.